The van der Waals surface area contributed by atoms with Crippen molar-refractivity contribution >= 4 is 39.4 Å². The molecule has 0 aliphatic rings. The second-order valence-electron chi connectivity index (χ2n) is 3.40. The number of hydrogen-bond donors (Lipinski definition) is 2. The largest absolute Gasteiger partial charge is 0.480 e. The second kappa shape index (κ2) is 6.02. The Balaban J connectivity index is 2.82. The van der Waals surface area contributed by atoms with Gasteiger partial charge < -0.3 is 10.4 Å². The van der Waals surface area contributed by atoms with Gasteiger partial charge in [-0.05, 0) is 40.5 Å². The average molecular weight is 321 g/mol. The number of nitrogens with one attached hydrogen (secondary N) is 1. The number of halogens is 2. The Kier molecular flexibility index (Phi) is 4.96. The van der Waals surface area contributed by atoms with E-state index in [0.717, 1.165) is 0 Å². The van der Waals surface area contributed by atoms with Crippen molar-refractivity contribution in [3.05, 3.63) is 33.3 Å². The van der Waals surface area contributed by atoms with Crippen LogP contribution in [0.5, 0.6) is 0 Å². The molecule has 0 radical (unpaired) electrons. The molecule has 0 aliphatic carbocycles. The maximum Gasteiger partial charge on any atom is 0.326 e. The van der Waals surface area contributed by atoms with Gasteiger partial charge in [-0.3, -0.25) is 4.79 Å². The van der Waals surface area contributed by atoms with Crippen LogP contribution in [0.25, 0.3) is 0 Å². The van der Waals surface area contributed by atoms with Crippen molar-refractivity contribution in [1.29, 1.82) is 0 Å². The minimum Gasteiger partial charge on any atom is -0.480 e. The first kappa shape index (κ1) is 14.0. The number of carboxylic acids is 1. The molecule has 1 aromatic carbocycles. The maximum absolute atomic E-state index is 11.7. The van der Waals surface area contributed by atoms with Gasteiger partial charge in [0.15, 0.2) is 0 Å². The molecule has 4 nitrogen and oxygen atoms in total. The molecule has 2 N–H and O–H groups in total. The smallest absolute Gasteiger partial charge is 0.326 e. The standard InChI is InChI=1S/C11H11BrClNO3/c1-2-9(11(16)17)14-10(15)6-3-4-7(12)8(13)5-6/h3-5,9H,2H2,1H3,(H,14,15)(H,16,17). The highest BCUT2D eigenvalue weighted by Crippen LogP contribution is 2.23. The quantitative estimate of drug-likeness (QED) is 0.896. The van der Waals surface area contributed by atoms with E-state index in [1.54, 1.807) is 19.1 Å². The zero-order valence-corrected chi connectivity index (χ0v) is 11.4. The minimum absolute atomic E-state index is 0.325. The van der Waals surface area contributed by atoms with E-state index in [-0.39, 0.29) is 0 Å². The molecular weight excluding hydrogens is 309 g/mol. The highest BCUT2D eigenvalue weighted by Gasteiger charge is 2.18. The van der Waals surface area contributed by atoms with Crippen LogP contribution >= 0.6 is 27.5 Å². The summed E-state index contributed by atoms with van der Waals surface area (Å²) in [6.45, 7) is 1.69. The number of carbonyl (C=O) groups excluding carboxylic acids is 1. The van der Waals surface area contributed by atoms with E-state index in [4.69, 9.17) is 16.7 Å². The van der Waals surface area contributed by atoms with Crippen molar-refractivity contribution in [2.45, 2.75) is 19.4 Å². The Bertz CT molecular complexity index is 450. The SMILES string of the molecule is CCC(NC(=O)c1ccc(Br)c(Cl)c1)C(=O)O. The van der Waals surface area contributed by atoms with Crippen LogP contribution in [0.1, 0.15) is 23.7 Å². The Hall–Kier alpha value is -1.07. The lowest BCUT2D eigenvalue weighted by molar-refractivity contribution is -0.139. The van der Waals surface area contributed by atoms with Gasteiger partial charge in [-0.25, -0.2) is 4.79 Å². The van der Waals surface area contributed by atoms with E-state index in [9.17, 15) is 9.59 Å². The first-order valence-electron chi connectivity index (χ1n) is 4.94. The summed E-state index contributed by atoms with van der Waals surface area (Å²) >= 11 is 9.06. The summed E-state index contributed by atoms with van der Waals surface area (Å²) in [4.78, 5) is 22.5. The highest BCUT2D eigenvalue weighted by atomic mass is 79.9. The van der Waals surface area contributed by atoms with Crippen LogP contribution in [0.15, 0.2) is 22.7 Å². The van der Waals surface area contributed by atoms with Gasteiger partial charge in [0.1, 0.15) is 6.04 Å². The number of carboxylic acid groups (broad SMARTS) is 1. The normalized spacial score (nSPS) is 11.9. The van der Waals surface area contributed by atoms with Crippen LogP contribution in [0, 0.1) is 0 Å². The molecule has 17 heavy (non-hydrogen) atoms. The van der Waals surface area contributed by atoms with Crippen LogP contribution in [0.2, 0.25) is 5.02 Å². The molecule has 0 fully saturated rings. The predicted molar refractivity (Wildman–Crippen MR) is 68.3 cm³/mol. The van der Waals surface area contributed by atoms with Crippen molar-refractivity contribution in [3.8, 4) is 0 Å². The summed E-state index contributed by atoms with van der Waals surface area (Å²) in [6, 6.07) is 3.80. The first-order valence-corrected chi connectivity index (χ1v) is 6.11. The molecule has 0 saturated heterocycles. The molecule has 1 amide bonds. The van der Waals surface area contributed by atoms with Crippen LogP contribution in [-0.4, -0.2) is 23.0 Å². The Morgan fingerprint density at radius 1 is 1.53 bits per heavy atom. The topological polar surface area (TPSA) is 66.4 Å². The third-order valence-corrected chi connectivity index (χ3v) is 3.43. The lowest BCUT2D eigenvalue weighted by atomic mass is 10.1. The number of amides is 1. The van der Waals surface area contributed by atoms with Gasteiger partial charge in [0.05, 0.1) is 5.02 Å². The molecule has 0 aliphatic heterocycles. The number of carbonyl (C=O) groups is 2. The summed E-state index contributed by atoms with van der Waals surface area (Å²) in [7, 11) is 0. The molecule has 92 valence electrons. The summed E-state index contributed by atoms with van der Waals surface area (Å²) in [5.74, 6) is -1.50. The lowest BCUT2D eigenvalue weighted by Crippen LogP contribution is -2.40. The Labute approximate surface area is 112 Å². The van der Waals surface area contributed by atoms with Crippen molar-refractivity contribution in [1.82, 2.24) is 5.32 Å². The molecular formula is C11H11BrClNO3. The molecule has 0 heterocycles. The van der Waals surface area contributed by atoms with Gasteiger partial charge in [0.25, 0.3) is 5.91 Å². The summed E-state index contributed by atoms with van der Waals surface area (Å²) in [5, 5.41) is 11.6. The number of hydrogen-bond acceptors (Lipinski definition) is 2. The van der Waals surface area contributed by atoms with E-state index >= 15 is 0 Å². The van der Waals surface area contributed by atoms with Crippen LogP contribution < -0.4 is 5.32 Å². The Morgan fingerprint density at radius 3 is 2.65 bits per heavy atom. The molecule has 1 atom stereocenters. The number of aliphatic carboxylic acids is 1. The molecule has 0 aromatic heterocycles. The van der Waals surface area contributed by atoms with Gasteiger partial charge >= 0.3 is 5.97 Å². The highest BCUT2D eigenvalue weighted by molar-refractivity contribution is 9.10. The van der Waals surface area contributed by atoms with Crippen molar-refractivity contribution in [2.75, 3.05) is 0 Å². The van der Waals surface area contributed by atoms with Gasteiger partial charge in [-0.2, -0.15) is 0 Å². The monoisotopic (exact) mass is 319 g/mol. The summed E-state index contributed by atoms with van der Waals surface area (Å²) < 4.78 is 0.681. The predicted octanol–water partition coefficient (Wildman–Crippen LogP) is 2.70. The molecule has 0 saturated carbocycles. The van der Waals surface area contributed by atoms with E-state index < -0.39 is 17.9 Å². The van der Waals surface area contributed by atoms with E-state index in [1.165, 1.54) is 6.07 Å². The van der Waals surface area contributed by atoms with Gasteiger partial charge in [-0.15, -0.1) is 0 Å². The molecule has 1 aromatic rings. The van der Waals surface area contributed by atoms with Crippen LogP contribution in [0.4, 0.5) is 0 Å². The second-order valence-corrected chi connectivity index (χ2v) is 4.66. The van der Waals surface area contributed by atoms with Gasteiger partial charge in [-0.1, -0.05) is 18.5 Å². The zero-order chi connectivity index (χ0) is 13.0. The summed E-state index contributed by atoms with van der Waals surface area (Å²) in [6.07, 6.45) is 0.325. The number of benzene rings is 1. The van der Waals surface area contributed by atoms with E-state index in [2.05, 4.69) is 21.2 Å². The van der Waals surface area contributed by atoms with Crippen LogP contribution in [-0.2, 0) is 4.79 Å². The molecule has 0 bridgehead atoms. The van der Waals surface area contributed by atoms with Crippen molar-refractivity contribution < 1.29 is 14.7 Å². The molecule has 1 rings (SSSR count). The van der Waals surface area contributed by atoms with Gasteiger partial charge in [0, 0.05) is 10.0 Å². The molecule has 0 spiro atoms. The third kappa shape index (κ3) is 3.71. The zero-order valence-electron chi connectivity index (χ0n) is 9.04. The van der Waals surface area contributed by atoms with Crippen molar-refractivity contribution in [3.63, 3.8) is 0 Å². The third-order valence-electron chi connectivity index (χ3n) is 2.19. The summed E-state index contributed by atoms with van der Waals surface area (Å²) in [5.41, 5.74) is 0.331. The van der Waals surface area contributed by atoms with E-state index in [1.807, 2.05) is 0 Å². The maximum atomic E-state index is 11.7. The Morgan fingerprint density at radius 2 is 2.18 bits per heavy atom. The molecule has 1 unspecified atom stereocenters. The van der Waals surface area contributed by atoms with Gasteiger partial charge in [0.2, 0.25) is 0 Å². The van der Waals surface area contributed by atoms with Crippen LogP contribution in [0.3, 0.4) is 0 Å². The average Bonchev–Trinajstić information content (AvgIpc) is 2.28. The molecule has 6 heteroatoms. The first-order chi connectivity index (χ1) is 7.95. The fourth-order valence-corrected chi connectivity index (χ4v) is 1.64. The lowest BCUT2D eigenvalue weighted by Gasteiger charge is -2.12. The minimum atomic E-state index is -1.05. The fraction of sp³-hybridized carbons (Fsp3) is 0.273. The fourth-order valence-electron chi connectivity index (χ4n) is 1.22. The van der Waals surface area contributed by atoms with Crippen molar-refractivity contribution in [2.24, 2.45) is 0 Å². The van der Waals surface area contributed by atoms with E-state index in [0.29, 0.717) is 21.5 Å². The number of rotatable bonds is 4.